The molecule has 0 aromatic heterocycles. The van der Waals surface area contributed by atoms with Gasteiger partial charge < -0.3 is 5.73 Å². The highest BCUT2D eigenvalue weighted by Crippen LogP contribution is 2.24. The average Bonchev–Trinajstić information content (AvgIpc) is 2.88. The van der Waals surface area contributed by atoms with Crippen LogP contribution in [0.25, 0.3) is 10.8 Å². The molecule has 0 amide bonds. The van der Waals surface area contributed by atoms with E-state index in [1.807, 2.05) is 0 Å². The minimum absolute atomic E-state index is 0. The van der Waals surface area contributed by atoms with Crippen molar-refractivity contribution in [2.24, 2.45) is 11.7 Å². The van der Waals surface area contributed by atoms with E-state index in [4.69, 9.17) is 5.73 Å². The van der Waals surface area contributed by atoms with Crippen molar-refractivity contribution in [1.82, 2.24) is 4.90 Å². The second-order valence-electron chi connectivity index (χ2n) is 5.78. The molecule has 108 valence electrons. The van der Waals surface area contributed by atoms with E-state index in [-0.39, 0.29) is 12.4 Å². The van der Waals surface area contributed by atoms with Crippen LogP contribution in [0.5, 0.6) is 0 Å². The van der Waals surface area contributed by atoms with Gasteiger partial charge in [-0.15, -0.1) is 12.4 Å². The van der Waals surface area contributed by atoms with E-state index in [0.29, 0.717) is 12.0 Å². The maximum absolute atomic E-state index is 6.02. The summed E-state index contributed by atoms with van der Waals surface area (Å²) in [6.45, 7) is 5.49. The van der Waals surface area contributed by atoms with Gasteiger partial charge in [0.25, 0.3) is 0 Å². The van der Waals surface area contributed by atoms with Gasteiger partial charge in [0.1, 0.15) is 0 Å². The fourth-order valence-corrected chi connectivity index (χ4v) is 3.11. The van der Waals surface area contributed by atoms with Crippen molar-refractivity contribution in [3.05, 3.63) is 48.0 Å². The third-order valence-electron chi connectivity index (χ3n) is 4.33. The van der Waals surface area contributed by atoms with Crippen LogP contribution in [0.1, 0.15) is 18.9 Å². The Kier molecular flexibility index (Phi) is 5.03. The molecular formula is C17H23ClN2. The lowest BCUT2D eigenvalue weighted by atomic mass is 10.0. The molecule has 2 aromatic carbocycles. The number of fused-ring (bicyclic) bond motifs is 1. The number of hydrogen-bond acceptors (Lipinski definition) is 2. The Hall–Kier alpha value is -1.09. The molecule has 20 heavy (non-hydrogen) atoms. The lowest BCUT2D eigenvalue weighted by molar-refractivity contribution is 0.309. The fraction of sp³-hybridized carbons (Fsp3) is 0.412. The quantitative estimate of drug-likeness (QED) is 0.938. The maximum atomic E-state index is 6.02. The molecule has 3 rings (SSSR count). The Morgan fingerprint density at radius 1 is 1.20 bits per heavy atom. The first-order valence-electron chi connectivity index (χ1n) is 7.18. The first kappa shape index (κ1) is 15.3. The Morgan fingerprint density at radius 3 is 2.70 bits per heavy atom. The van der Waals surface area contributed by atoms with Gasteiger partial charge in [-0.05, 0) is 42.1 Å². The monoisotopic (exact) mass is 290 g/mol. The van der Waals surface area contributed by atoms with Crippen molar-refractivity contribution in [3.8, 4) is 0 Å². The standard InChI is InChI=1S/C17H22N2.ClH/c1-13(18)15-9-10-19(11-15)12-16-7-4-6-14-5-2-3-8-17(14)16;/h2-8,13,15H,9-12,18H2,1H3;1H. The molecule has 2 aromatic rings. The summed E-state index contributed by atoms with van der Waals surface area (Å²) >= 11 is 0. The molecule has 1 aliphatic rings. The number of nitrogens with zero attached hydrogens (tertiary/aromatic N) is 1. The van der Waals surface area contributed by atoms with Crippen molar-refractivity contribution in [1.29, 1.82) is 0 Å². The zero-order chi connectivity index (χ0) is 13.2. The number of halogens is 1. The van der Waals surface area contributed by atoms with Gasteiger partial charge in [-0.25, -0.2) is 0 Å². The largest absolute Gasteiger partial charge is 0.328 e. The highest BCUT2D eigenvalue weighted by atomic mass is 35.5. The smallest absolute Gasteiger partial charge is 0.0240 e. The number of likely N-dealkylation sites (tertiary alicyclic amines) is 1. The van der Waals surface area contributed by atoms with Gasteiger partial charge in [0.15, 0.2) is 0 Å². The number of nitrogens with two attached hydrogens (primary N) is 1. The van der Waals surface area contributed by atoms with Gasteiger partial charge in [0.2, 0.25) is 0 Å². The van der Waals surface area contributed by atoms with Crippen LogP contribution in [0, 0.1) is 5.92 Å². The van der Waals surface area contributed by atoms with Gasteiger partial charge in [-0.3, -0.25) is 4.90 Å². The van der Waals surface area contributed by atoms with Crippen LogP contribution in [0.15, 0.2) is 42.5 Å². The second kappa shape index (κ2) is 6.57. The second-order valence-corrected chi connectivity index (χ2v) is 5.78. The van der Waals surface area contributed by atoms with E-state index in [0.717, 1.165) is 13.1 Å². The van der Waals surface area contributed by atoms with E-state index < -0.39 is 0 Å². The van der Waals surface area contributed by atoms with Crippen LogP contribution in [-0.4, -0.2) is 24.0 Å². The Morgan fingerprint density at radius 2 is 1.95 bits per heavy atom. The van der Waals surface area contributed by atoms with Gasteiger partial charge in [-0.2, -0.15) is 0 Å². The van der Waals surface area contributed by atoms with Crippen molar-refractivity contribution in [3.63, 3.8) is 0 Å². The summed E-state index contributed by atoms with van der Waals surface area (Å²) in [4.78, 5) is 2.54. The Bertz CT molecular complexity index is 562. The number of rotatable bonds is 3. The first-order chi connectivity index (χ1) is 9.24. The SMILES string of the molecule is CC(N)C1CCN(Cc2cccc3ccccc23)C1.Cl. The fourth-order valence-electron chi connectivity index (χ4n) is 3.11. The zero-order valence-electron chi connectivity index (χ0n) is 12.0. The topological polar surface area (TPSA) is 29.3 Å². The van der Waals surface area contributed by atoms with Crippen LogP contribution in [-0.2, 0) is 6.54 Å². The molecule has 1 fully saturated rings. The molecule has 1 saturated heterocycles. The minimum Gasteiger partial charge on any atom is -0.328 e. The molecule has 0 spiro atoms. The van der Waals surface area contributed by atoms with E-state index in [2.05, 4.69) is 54.3 Å². The van der Waals surface area contributed by atoms with E-state index in [1.54, 1.807) is 0 Å². The van der Waals surface area contributed by atoms with Crippen molar-refractivity contribution < 1.29 is 0 Å². The molecule has 0 aliphatic carbocycles. The normalized spacial score (nSPS) is 20.8. The Balaban J connectivity index is 0.00000147. The highest BCUT2D eigenvalue weighted by molar-refractivity contribution is 5.85. The summed E-state index contributed by atoms with van der Waals surface area (Å²) in [6.07, 6.45) is 1.24. The van der Waals surface area contributed by atoms with E-state index in [1.165, 1.54) is 29.3 Å². The Labute approximate surface area is 127 Å². The van der Waals surface area contributed by atoms with E-state index >= 15 is 0 Å². The molecule has 2 nitrogen and oxygen atoms in total. The molecule has 2 unspecified atom stereocenters. The minimum atomic E-state index is 0. The average molecular weight is 291 g/mol. The lowest BCUT2D eigenvalue weighted by Gasteiger charge is -2.18. The molecular weight excluding hydrogens is 268 g/mol. The molecule has 1 heterocycles. The summed E-state index contributed by atoms with van der Waals surface area (Å²) in [5.41, 5.74) is 7.45. The van der Waals surface area contributed by atoms with Gasteiger partial charge >= 0.3 is 0 Å². The summed E-state index contributed by atoms with van der Waals surface area (Å²) in [7, 11) is 0. The van der Waals surface area contributed by atoms with Crippen molar-refractivity contribution in [2.45, 2.75) is 25.9 Å². The van der Waals surface area contributed by atoms with E-state index in [9.17, 15) is 0 Å². The number of benzene rings is 2. The van der Waals surface area contributed by atoms with Crippen LogP contribution < -0.4 is 5.73 Å². The van der Waals surface area contributed by atoms with Crippen molar-refractivity contribution in [2.75, 3.05) is 13.1 Å². The zero-order valence-corrected chi connectivity index (χ0v) is 12.8. The predicted octanol–water partition coefficient (Wildman–Crippen LogP) is 3.43. The summed E-state index contributed by atoms with van der Waals surface area (Å²) in [5, 5.41) is 2.72. The third kappa shape index (κ3) is 3.14. The lowest BCUT2D eigenvalue weighted by Crippen LogP contribution is -2.29. The third-order valence-corrected chi connectivity index (χ3v) is 4.33. The van der Waals surface area contributed by atoms with Crippen LogP contribution in [0.4, 0.5) is 0 Å². The first-order valence-corrected chi connectivity index (χ1v) is 7.18. The molecule has 3 heteroatoms. The molecule has 0 radical (unpaired) electrons. The maximum Gasteiger partial charge on any atom is 0.0240 e. The van der Waals surface area contributed by atoms with Crippen LogP contribution >= 0.6 is 12.4 Å². The number of hydrogen-bond donors (Lipinski definition) is 1. The summed E-state index contributed by atoms with van der Waals surface area (Å²) < 4.78 is 0. The summed E-state index contributed by atoms with van der Waals surface area (Å²) in [6, 6.07) is 15.6. The highest BCUT2D eigenvalue weighted by Gasteiger charge is 2.25. The predicted molar refractivity (Wildman–Crippen MR) is 88.2 cm³/mol. The van der Waals surface area contributed by atoms with Crippen molar-refractivity contribution >= 4 is 23.2 Å². The molecule has 0 bridgehead atoms. The van der Waals surface area contributed by atoms with Gasteiger partial charge in [0.05, 0.1) is 0 Å². The summed E-state index contributed by atoms with van der Waals surface area (Å²) in [5.74, 6) is 0.662. The van der Waals surface area contributed by atoms with Crippen LogP contribution in [0.3, 0.4) is 0 Å². The molecule has 1 aliphatic heterocycles. The van der Waals surface area contributed by atoms with Gasteiger partial charge in [0, 0.05) is 19.1 Å². The molecule has 0 saturated carbocycles. The van der Waals surface area contributed by atoms with Crippen LogP contribution in [0.2, 0.25) is 0 Å². The molecule has 2 atom stereocenters. The van der Waals surface area contributed by atoms with Gasteiger partial charge in [-0.1, -0.05) is 42.5 Å². The molecule has 2 N–H and O–H groups in total.